The van der Waals surface area contributed by atoms with E-state index < -0.39 is 24.0 Å². The zero-order chi connectivity index (χ0) is 19.0. The SMILES string of the molecule is COC(=O)c1ccc([C@@H]2[C@@H](C(=O)O)n3cccc3C(=O)N2C(C)C)cc1. The molecule has 0 saturated carbocycles. The number of aromatic nitrogens is 1. The largest absolute Gasteiger partial charge is 0.480 e. The van der Waals surface area contributed by atoms with Crippen molar-refractivity contribution in [2.24, 2.45) is 0 Å². The second-order valence-electron chi connectivity index (χ2n) is 6.45. The van der Waals surface area contributed by atoms with Gasteiger partial charge in [0.25, 0.3) is 5.91 Å². The van der Waals surface area contributed by atoms with Crippen LogP contribution in [0.4, 0.5) is 0 Å². The summed E-state index contributed by atoms with van der Waals surface area (Å²) in [6.07, 6.45) is 1.61. The molecule has 0 spiro atoms. The molecule has 0 radical (unpaired) electrons. The van der Waals surface area contributed by atoms with Crippen LogP contribution < -0.4 is 0 Å². The Kier molecular flexibility index (Phi) is 4.54. The molecular formula is C19H20N2O5. The molecule has 1 amide bonds. The Bertz CT molecular complexity index is 853. The van der Waals surface area contributed by atoms with E-state index in [-0.39, 0.29) is 11.9 Å². The summed E-state index contributed by atoms with van der Waals surface area (Å²) in [5.41, 5.74) is 1.36. The van der Waals surface area contributed by atoms with Crippen molar-refractivity contribution in [2.75, 3.05) is 7.11 Å². The molecule has 136 valence electrons. The number of ether oxygens (including phenoxy) is 1. The van der Waals surface area contributed by atoms with Gasteiger partial charge in [0.05, 0.1) is 18.7 Å². The first-order chi connectivity index (χ1) is 12.4. The Labute approximate surface area is 150 Å². The summed E-state index contributed by atoms with van der Waals surface area (Å²) in [7, 11) is 1.30. The van der Waals surface area contributed by atoms with E-state index in [9.17, 15) is 19.5 Å². The minimum absolute atomic E-state index is 0.196. The third-order valence-corrected chi connectivity index (χ3v) is 4.61. The van der Waals surface area contributed by atoms with E-state index >= 15 is 0 Å². The van der Waals surface area contributed by atoms with E-state index in [4.69, 9.17) is 4.74 Å². The maximum atomic E-state index is 12.9. The number of carbonyl (C=O) groups excluding carboxylic acids is 2. The first-order valence-electron chi connectivity index (χ1n) is 8.27. The van der Waals surface area contributed by atoms with Gasteiger partial charge in [0.15, 0.2) is 6.04 Å². The zero-order valence-electron chi connectivity index (χ0n) is 14.7. The number of methoxy groups -OCH3 is 1. The summed E-state index contributed by atoms with van der Waals surface area (Å²) in [6, 6.07) is 7.96. The van der Waals surface area contributed by atoms with E-state index in [0.717, 1.165) is 0 Å². The summed E-state index contributed by atoms with van der Waals surface area (Å²) < 4.78 is 6.19. The molecule has 1 aliphatic rings. The third-order valence-electron chi connectivity index (χ3n) is 4.61. The Morgan fingerprint density at radius 2 is 1.81 bits per heavy atom. The number of carboxylic acid groups (broad SMARTS) is 1. The number of aliphatic carboxylic acids is 1. The molecule has 0 saturated heterocycles. The van der Waals surface area contributed by atoms with Gasteiger partial charge >= 0.3 is 11.9 Å². The molecule has 26 heavy (non-hydrogen) atoms. The fourth-order valence-electron chi connectivity index (χ4n) is 3.47. The van der Waals surface area contributed by atoms with Crippen molar-refractivity contribution in [1.82, 2.24) is 9.47 Å². The van der Waals surface area contributed by atoms with Gasteiger partial charge < -0.3 is 19.3 Å². The lowest BCUT2D eigenvalue weighted by Crippen LogP contribution is -2.50. The van der Waals surface area contributed by atoms with E-state index in [0.29, 0.717) is 16.8 Å². The molecule has 1 aliphatic heterocycles. The molecule has 0 aliphatic carbocycles. The van der Waals surface area contributed by atoms with Crippen LogP contribution in [-0.2, 0) is 9.53 Å². The topological polar surface area (TPSA) is 88.8 Å². The van der Waals surface area contributed by atoms with Gasteiger partial charge in [-0.1, -0.05) is 12.1 Å². The van der Waals surface area contributed by atoms with Crippen molar-refractivity contribution in [3.8, 4) is 0 Å². The van der Waals surface area contributed by atoms with Crippen LogP contribution in [-0.4, -0.2) is 45.6 Å². The van der Waals surface area contributed by atoms with Crippen molar-refractivity contribution in [1.29, 1.82) is 0 Å². The monoisotopic (exact) mass is 356 g/mol. The van der Waals surface area contributed by atoms with Gasteiger partial charge in [-0.15, -0.1) is 0 Å². The van der Waals surface area contributed by atoms with E-state index in [1.165, 1.54) is 11.7 Å². The van der Waals surface area contributed by atoms with E-state index in [2.05, 4.69) is 0 Å². The predicted molar refractivity (Wildman–Crippen MR) is 92.9 cm³/mol. The Morgan fingerprint density at radius 1 is 1.15 bits per heavy atom. The quantitative estimate of drug-likeness (QED) is 0.850. The van der Waals surface area contributed by atoms with Crippen LogP contribution in [0.5, 0.6) is 0 Å². The molecule has 2 aromatic rings. The third kappa shape index (κ3) is 2.75. The normalized spacial score (nSPS) is 19.4. The van der Waals surface area contributed by atoms with Crippen molar-refractivity contribution in [3.05, 3.63) is 59.4 Å². The molecule has 3 rings (SSSR count). The molecular weight excluding hydrogens is 336 g/mol. The number of amides is 1. The van der Waals surface area contributed by atoms with Crippen LogP contribution in [0.3, 0.4) is 0 Å². The number of carboxylic acids is 1. The number of hydrogen-bond donors (Lipinski definition) is 1. The highest BCUT2D eigenvalue weighted by Crippen LogP contribution is 2.40. The first-order valence-corrected chi connectivity index (χ1v) is 8.27. The first kappa shape index (κ1) is 17.7. The van der Waals surface area contributed by atoms with Crippen LogP contribution in [0.2, 0.25) is 0 Å². The van der Waals surface area contributed by atoms with Gasteiger partial charge in [0.1, 0.15) is 5.69 Å². The second-order valence-corrected chi connectivity index (χ2v) is 6.45. The summed E-state index contributed by atoms with van der Waals surface area (Å²) in [5, 5.41) is 9.87. The summed E-state index contributed by atoms with van der Waals surface area (Å²) >= 11 is 0. The molecule has 1 N–H and O–H groups in total. The molecule has 7 heteroatoms. The lowest BCUT2D eigenvalue weighted by molar-refractivity contribution is -0.143. The molecule has 7 nitrogen and oxygen atoms in total. The van der Waals surface area contributed by atoms with Gasteiger partial charge in [-0.25, -0.2) is 9.59 Å². The van der Waals surface area contributed by atoms with Gasteiger partial charge in [-0.05, 0) is 43.7 Å². The lowest BCUT2D eigenvalue weighted by Gasteiger charge is -2.43. The number of nitrogens with zero attached hydrogens (tertiary/aromatic N) is 2. The van der Waals surface area contributed by atoms with Crippen LogP contribution in [0.25, 0.3) is 0 Å². The highest BCUT2D eigenvalue weighted by atomic mass is 16.5. The highest BCUT2D eigenvalue weighted by Gasteiger charge is 2.44. The van der Waals surface area contributed by atoms with Crippen molar-refractivity contribution in [2.45, 2.75) is 32.0 Å². The van der Waals surface area contributed by atoms with Crippen molar-refractivity contribution in [3.63, 3.8) is 0 Å². The zero-order valence-corrected chi connectivity index (χ0v) is 14.7. The van der Waals surface area contributed by atoms with Gasteiger partial charge in [0.2, 0.25) is 0 Å². The van der Waals surface area contributed by atoms with Crippen LogP contribution >= 0.6 is 0 Å². The maximum absolute atomic E-state index is 12.9. The van der Waals surface area contributed by atoms with Gasteiger partial charge in [-0.3, -0.25) is 4.79 Å². The summed E-state index contributed by atoms with van der Waals surface area (Å²) in [4.78, 5) is 38.2. The van der Waals surface area contributed by atoms with Crippen LogP contribution in [0, 0.1) is 0 Å². The van der Waals surface area contributed by atoms with Crippen molar-refractivity contribution < 1.29 is 24.2 Å². The Balaban J connectivity index is 2.13. The average molecular weight is 356 g/mol. The van der Waals surface area contributed by atoms with Crippen LogP contribution in [0.1, 0.15) is 52.3 Å². The summed E-state index contributed by atoms with van der Waals surface area (Å²) in [6.45, 7) is 3.70. The molecule has 2 atom stereocenters. The Hall–Kier alpha value is -3.09. The fourth-order valence-corrected chi connectivity index (χ4v) is 3.47. The van der Waals surface area contributed by atoms with E-state index in [1.807, 2.05) is 13.8 Å². The highest BCUT2D eigenvalue weighted by molar-refractivity contribution is 5.96. The average Bonchev–Trinajstić information content (AvgIpc) is 3.10. The lowest BCUT2D eigenvalue weighted by atomic mass is 9.92. The van der Waals surface area contributed by atoms with E-state index in [1.54, 1.807) is 47.5 Å². The molecule has 0 fully saturated rings. The molecule has 1 aromatic heterocycles. The molecule has 2 heterocycles. The number of rotatable bonds is 4. The van der Waals surface area contributed by atoms with Gasteiger partial charge in [0, 0.05) is 12.2 Å². The Morgan fingerprint density at radius 3 is 2.35 bits per heavy atom. The number of carbonyl (C=O) groups is 3. The smallest absolute Gasteiger partial charge is 0.337 e. The number of benzene rings is 1. The number of esters is 1. The minimum Gasteiger partial charge on any atom is -0.480 e. The van der Waals surface area contributed by atoms with Crippen molar-refractivity contribution >= 4 is 17.8 Å². The molecule has 1 aromatic carbocycles. The van der Waals surface area contributed by atoms with Crippen LogP contribution in [0.15, 0.2) is 42.6 Å². The standard InChI is InChI=1S/C19H20N2O5/c1-11(2)21-15(12-6-8-13(9-7-12)19(25)26-3)16(18(23)24)20-10-4-5-14(20)17(21)22/h4-11,15-16H,1-3H3,(H,23,24)/t15-,16+/m1/s1. The molecule has 0 unspecified atom stereocenters. The second kappa shape index (κ2) is 6.67. The molecule has 0 bridgehead atoms. The number of hydrogen-bond acceptors (Lipinski definition) is 4. The summed E-state index contributed by atoms with van der Waals surface area (Å²) in [5.74, 6) is -1.72. The maximum Gasteiger partial charge on any atom is 0.337 e. The minimum atomic E-state index is -1.03. The predicted octanol–water partition coefficient (Wildman–Crippen LogP) is 2.51. The fraction of sp³-hybridized carbons (Fsp3) is 0.316. The number of fused-ring (bicyclic) bond motifs is 1. The van der Waals surface area contributed by atoms with Gasteiger partial charge in [-0.2, -0.15) is 0 Å².